The van der Waals surface area contributed by atoms with Gasteiger partial charge in [-0.25, -0.2) is 0 Å². The minimum absolute atomic E-state index is 0.207. The lowest BCUT2D eigenvalue weighted by molar-refractivity contribution is -0.0778. The van der Waals surface area contributed by atoms with Crippen LogP contribution in [0.4, 0.5) is 0 Å². The monoisotopic (exact) mass is 242 g/mol. The molecule has 0 radical (unpaired) electrons. The van der Waals surface area contributed by atoms with Crippen LogP contribution in [0.25, 0.3) is 0 Å². The molecule has 5 rings (SSSR count). The summed E-state index contributed by atoms with van der Waals surface area (Å²) in [6.45, 7) is 0. The van der Waals surface area contributed by atoms with Gasteiger partial charge in [-0.05, 0) is 35.8 Å². The molecule has 0 aliphatic heterocycles. The van der Waals surface area contributed by atoms with Crippen LogP contribution in [-0.2, 0) is 0 Å². The van der Waals surface area contributed by atoms with Crippen molar-refractivity contribution in [2.24, 2.45) is 23.7 Å². The van der Waals surface area contributed by atoms with Crippen LogP contribution < -0.4 is 0 Å². The quantitative estimate of drug-likeness (QED) is 0.686. The van der Waals surface area contributed by atoms with Crippen molar-refractivity contribution in [3.05, 3.63) is 47.5 Å². The molecule has 6 unspecified atom stereocenters. The molecular formula is C16H18O2. The van der Waals surface area contributed by atoms with Gasteiger partial charge >= 0.3 is 0 Å². The van der Waals surface area contributed by atoms with Crippen LogP contribution in [0.2, 0.25) is 0 Å². The van der Waals surface area contributed by atoms with E-state index in [0.29, 0.717) is 11.8 Å². The highest BCUT2D eigenvalue weighted by atomic mass is 16.3. The Hall–Kier alpha value is -1.12. The number of rotatable bonds is 0. The molecule has 2 heteroatoms. The van der Waals surface area contributed by atoms with Crippen LogP contribution in [0.1, 0.15) is 36.2 Å². The third-order valence-corrected chi connectivity index (χ3v) is 5.23. The number of aliphatic hydroxyl groups is 2. The molecule has 18 heavy (non-hydrogen) atoms. The van der Waals surface area contributed by atoms with Gasteiger partial charge in [0.25, 0.3) is 0 Å². The first-order chi connectivity index (χ1) is 8.77. The van der Waals surface area contributed by atoms with E-state index in [1.54, 1.807) is 0 Å². The highest BCUT2D eigenvalue weighted by Crippen LogP contribution is 2.57. The van der Waals surface area contributed by atoms with Crippen molar-refractivity contribution in [3.63, 3.8) is 0 Å². The molecule has 1 saturated carbocycles. The number of benzene rings is 1. The molecule has 94 valence electrons. The van der Waals surface area contributed by atoms with Gasteiger partial charge in [0.1, 0.15) is 0 Å². The number of aliphatic hydroxyl groups excluding tert-OH is 2. The predicted molar refractivity (Wildman–Crippen MR) is 68.7 cm³/mol. The number of fused-ring (bicyclic) bond motifs is 2. The zero-order chi connectivity index (χ0) is 12.3. The van der Waals surface area contributed by atoms with Gasteiger partial charge in [0.2, 0.25) is 0 Å². The molecule has 0 amide bonds. The molecule has 4 aliphatic rings. The SMILES string of the molecule is OC1c2ccccc2C(O)C2C3C=CC(CC3)C12. The average Bonchev–Trinajstić information content (AvgIpc) is 2.45. The predicted octanol–water partition coefficient (Wildman–Crippen LogP) is 2.60. The molecule has 0 spiro atoms. The van der Waals surface area contributed by atoms with Crippen molar-refractivity contribution in [2.45, 2.75) is 25.0 Å². The molecule has 1 aromatic rings. The molecule has 2 bridgehead atoms. The second-order valence-electron chi connectivity index (χ2n) is 5.96. The van der Waals surface area contributed by atoms with Gasteiger partial charge in [0.15, 0.2) is 0 Å². The van der Waals surface area contributed by atoms with E-state index in [1.165, 1.54) is 0 Å². The third kappa shape index (κ3) is 1.25. The Morgan fingerprint density at radius 3 is 1.61 bits per heavy atom. The maximum absolute atomic E-state index is 10.7. The van der Waals surface area contributed by atoms with Crippen molar-refractivity contribution in [1.82, 2.24) is 0 Å². The minimum Gasteiger partial charge on any atom is -0.388 e. The van der Waals surface area contributed by atoms with E-state index in [4.69, 9.17) is 0 Å². The summed E-state index contributed by atoms with van der Waals surface area (Å²) < 4.78 is 0. The first-order valence-corrected chi connectivity index (χ1v) is 6.90. The summed E-state index contributed by atoms with van der Waals surface area (Å²) >= 11 is 0. The Morgan fingerprint density at radius 1 is 0.778 bits per heavy atom. The molecule has 2 nitrogen and oxygen atoms in total. The summed E-state index contributed by atoms with van der Waals surface area (Å²) in [5.41, 5.74) is 1.87. The zero-order valence-corrected chi connectivity index (χ0v) is 10.2. The van der Waals surface area contributed by atoms with Gasteiger partial charge in [0.05, 0.1) is 12.2 Å². The van der Waals surface area contributed by atoms with E-state index in [1.807, 2.05) is 24.3 Å². The van der Waals surface area contributed by atoms with E-state index in [0.717, 1.165) is 24.0 Å². The second kappa shape index (κ2) is 3.69. The minimum atomic E-state index is -0.410. The van der Waals surface area contributed by atoms with Gasteiger partial charge in [-0.3, -0.25) is 0 Å². The molecule has 1 fully saturated rings. The van der Waals surface area contributed by atoms with Gasteiger partial charge in [-0.2, -0.15) is 0 Å². The summed E-state index contributed by atoms with van der Waals surface area (Å²) in [7, 11) is 0. The van der Waals surface area contributed by atoms with Crippen LogP contribution >= 0.6 is 0 Å². The van der Waals surface area contributed by atoms with E-state index < -0.39 is 12.2 Å². The number of hydrogen-bond donors (Lipinski definition) is 2. The topological polar surface area (TPSA) is 40.5 Å². The zero-order valence-electron chi connectivity index (χ0n) is 10.2. The molecule has 6 atom stereocenters. The Kier molecular flexibility index (Phi) is 2.21. The van der Waals surface area contributed by atoms with Gasteiger partial charge in [0, 0.05) is 11.8 Å². The summed E-state index contributed by atoms with van der Waals surface area (Å²) in [6.07, 6.45) is 6.03. The Balaban J connectivity index is 1.87. The van der Waals surface area contributed by atoms with Gasteiger partial charge in [-0.15, -0.1) is 0 Å². The molecule has 0 heterocycles. The van der Waals surface area contributed by atoms with E-state index in [-0.39, 0.29) is 11.8 Å². The van der Waals surface area contributed by atoms with E-state index >= 15 is 0 Å². The second-order valence-corrected chi connectivity index (χ2v) is 5.96. The molecular weight excluding hydrogens is 224 g/mol. The Morgan fingerprint density at radius 2 is 1.22 bits per heavy atom. The van der Waals surface area contributed by atoms with Crippen molar-refractivity contribution in [1.29, 1.82) is 0 Å². The fourth-order valence-electron chi connectivity index (χ4n) is 4.43. The normalized spacial score (nSPS) is 44.6. The summed E-state index contributed by atoms with van der Waals surface area (Å²) in [4.78, 5) is 0. The summed E-state index contributed by atoms with van der Waals surface area (Å²) in [5.74, 6) is 1.30. The molecule has 0 aromatic heterocycles. The van der Waals surface area contributed by atoms with Crippen LogP contribution in [-0.4, -0.2) is 10.2 Å². The Labute approximate surface area is 107 Å². The average molecular weight is 242 g/mol. The lowest BCUT2D eigenvalue weighted by atomic mass is 9.55. The fourth-order valence-corrected chi connectivity index (χ4v) is 4.43. The molecule has 4 aliphatic carbocycles. The lowest BCUT2D eigenvalue weighted by Gasteiger charge is -2.52. The number of hydrogen-bond acceptors (Lipinski definition) is 2. The van der Waals surface area contributed by atoms with Crippen LogP contribution in [0.3, 0.4) is 0 Å². The van der Waals surface area contributed by atoms with Gasteiger partial charge < -0.3 is 10.2 Å². The summed E-state index contributed by atoms with van der Waals surface area (Å²) in [6, 6.07) is 7.83. The standard InChI is InChI=1S/C16H18O2/c17-15-11-3-1-2-4-12(11)16(18)14-10-7-5-9(6-8-10)13(14)15/h1-5,7,9-10,13-18H,6,8H2. The highest BCUT2D eigenvalue weighted by Gasteiger charge is 2.51. The third-order valence-electron chi connectivity index (χ3n) is 5.23. The van der Waals surface area contributed by atoms with Crippen molar-refractivity contribution in [2.75, 3.05) is 0 Å². The summed E-state index contributed by atoms with van der Waals surface area (Å²) in [5, 5.41) is 21.3. The van der Waals surface area contributed by atoms with E-state index in [9.17, 15) is 10.2 Å². The number of allylic oxidation sites excluding steroid dienone is 2. The van der Waals surface area contributed by atoms with Crippen molar-refractivity contribution < 1.29 is 10.2 Å². The van der Waals surface area contributed by atoms with Crippen LogP contribution in [0.5, 0.6) is 0 Å². The van der Waals surface area contributed by atoms with Crippen molar-refractivity contribution in [3.8, 4) is 0 Å². The molecule has 1 aromatic carbocycles. The molecule has 2 N–H and O–H groups in total. The highest BCUT2D eigenvalue weighted by molar-refractivity contribution is 5.37. The lowest BCUT2D eigenvalue weighted by Crippen LogP contribution is -2.46. The maximum Gasteiger partial charge on any atom is 0.0831 e. The van der Waals surface area contributed by atoms with Crippen LogP contribution in [0.15, 0.2) is 36.4 Å². The van der Waals surface area contributed by atoms with E-state index in [2.05, 4.69) is 12.2 Å². The van der Waals surface area contributed by atoms with Crippen LogP contribution in [0, 0.1) is 23.7 Å². The fraction of sp³-hybridized carbons (Fsp3) is 0.500. The van der Waals surface area contributed by atoms with Crippen molar-refractivity contribution >= 4 is 0 Å². The molecule has 0 saturated heterocycles. The Bertz CT molecular complexity index is 463. The largest absolute Gasteiger partial charge is 0.388 e. The maximum atomic E-state index is 10.7. The first kappa shape index (κ1) is 10.8. The smallest absolute Gasteiger partial charge is 0.0831 e. The first-order valence-electron chi connectivity index (χ1n) is 6.90. The van der Waals surface area contributed by atoms with Gasteiger partial charge in [-0.1, -0.05) is 36.4 Å².